The average Bonchev–Trinajstić information content (AvgIpc) is 2.74. The monoisotopic (exact) mass is 224 g/mol. The fourth-order valence-electron chi connectivity index (χ4n) is 3.08. The molecule has 1 saturated carbocycles. The third-order valence-electron chi connectivity index (χ3n) is 3.88. The lowest BCUT2D eigenvalue weighted by molar-refractivity contribution is -0.131. The maximum atomic E-state index is 12.2. The van der Waals surface area contributed by atoms with Gasteiger partial charge in [-0.1, -0.05) is 20.8 Å². The molecule has 0 spiro atoms. The molecule has 1 aliphatic heterocycles. The van der Waals surface area contributed by atoms with Crippen LogP contribution in [0.4, 0.5) is 0 Å². The molecule has 3 nitrogen and oxygen atoms in total. The quantitative estimate of drug-likeness (QED) is 0.792. The molecule has 0 aromatic heterocycles. The highest BCUT2D eigenvalue weighted by Crippen LogP contribution is 2.31. The van der Waals surface area contributed by atoms with Gasteiger partial charge in [0.2, 0.25) is 5.91 Å². The van der Waals surface area contributed by atoms with Gasteiger partial charge in [-0.3, -0.25) is 4.79 Å². The summed E-state index contributed by atoms with van der Waals surface area (Å²) in [6.45, 7) is 7.46. The van der Waals surface area contributed by atoms with Crippen LogP contribution in [-0.4, -0.2) is 35.5 Å². The van der Waals surface area contributed by atoms with Gasteiger partial charge in [-0.2, -0.15) is 0 Å². The smallest absolute Gasteiger partial charge is 0.240 e. The van der Waals surface area contributed by atoms with Crippen molar-refractivity contribution < 1.29 is 4.79 Å². The van der Waals surface area contributed by atoms with E-state index in [1.165, 1.54) is 19.3 Å². The van der Waals surface area contributed by atoms with Gasteiger partial charge in [0.25, 0.3) is 0 Å². The van der Waals surface area contributed by atoms with Crippen molar-refractivity contribution in [1.29, 1.82) is 0 Å². The Morgan fingerprint density at radius 3 is 2.62 bits per heavy atom. The van der Waals surface area contributed by atoms with E-state index < -0.39 is 0 Å². The van der Waals surface area contributed by atoms with Crippen LogP contribution in [0.1, 0.15) is 46.5 Å². The van der Waals surface area contributed by atoms with Crippen molar-refractivity contribution in [3.8, 4) is 0 Å². The Kier molecular flexibility index (Phi) is 3.53. The predicted molar refractivity (Wildman–Crippen MR) is 65.2 cm³/mol. The molecule has 0 radical (unpaired) electrons. The summed E-state index contributed by atoms with van der Waals surface area (Å²) in [5, 5.41) is 3.36. The molecule has 3 heteroatoms. The van der Waals surface area contributed by atoms with Crippen LogP contribution in [0.25, 0.3) is 0 Å². The van der Waals surface area contributed by atoms with Gasteiger partial charge in [0.15, 0.2) is 0 Å². The molecule has 2 fully saturated rings. The average molecular weight is 224 g/mol. The van der Waals surface area contributed by atoms with E-state index in [1.54, 1.807) is 0 Å². The topological polar surface area (TPSA) is 32.3 Å². The van der Waals surface area contributed by atoms with Gasteiger partial charge in [0.1, 0.15) is 0 Å². The van der Waals surface area contributed by atoms with Crippen LogP contribution in [0.2, 0.25) is 0 Å². The summed E-state index contributed by atoms with van der Waals surface area (Å²) in [7, 11) is 0. The molecule has 3 unspecified atom stereocenters. The highest BCUT2D eigenvalue weighted by atomic mass is 16.2. The van der Waals surface area contributed by atoms with Gasteiger partial charge >= 0.3 is 0 Å². The van der Waals surface area contributed by atoms with E-state index >= 15 is 0 Å². The molecule has 0 bridgehead atoms. The van der Waals surface area contributed by atoms with E-state index in [4.69, 9.17) is 0 Å². The van der Waals surface area contributed by atoms with Gasteiger partial charge in [-0.05, 0) is 31.6 Å². The Bertz CT molecular complexity index is 265. The Hall–Kier alpha value is -0.570. The molecule has 2 rings (SSSR count). The van der Waals surface area contributed by atoms with E-state index in [0.29, 0.717) is 18.0 Å². The number of amides is 1. The van der Waals surface area contributed by atoms with Gasteiger partial charge in [-0.15, -0.1) is 0 Å². The molecule has 1 N–H and O–H groups in total. The fraction of sp³-hybridized carbons (Fsp3) is 0.923. The molecule has 0 aromatic rings. The van der Waals surface area contributed by atoms with Crippen molar-refractivity contribution in [3.05, 3.63) is 0 Å². The number of carbonyl (C=O) groups is 1. The van der Waals surface area contributed by atoms with Crippen molar-refractivity contribution >= 4 is 5.91 Å². The molecule has 1 heterocycles. The summed E-state index contributed by atoms with van der Waals surface area (Å²) >= 11 is 0. The highest BCUT2D eigenvalue weighted by Gasteiger charge is 2.38. The lowest BCUT2D eigenvalue weighted by Crippen LogP contribution is -2.44. The number of likely N-dealkylation sites (tertiary alicyclic amines) is 1. The van der Waals surface area contributed by atoms with E-state index in [-0.39, 0.29) is 6.04 Å². The molecule has 1 aliphatic carbocycles. The van der Waals surface area contributed by atoms with E-state index in [0.717, 1.165) is 18.9 Å². The third-order valence-corrected chi connectivity index (χ3v) is 3.88. The van der Waals surface area contributed by atoms with Crippen LogP contribution in [0.3, 0.4) is 0 Å². The van der Waals surface area contributed by atoms with Crippen LogP contribution in [0, 0.1) is 5.92 Å². The zero-order valence-corrected chi connectivity index (χ0v) is 10.7. The summed E-state index contributed by atoms with van der Waals surface area (Å²) in [5.41, 5.74) is 0. The normalized spacial score (nSPS) is 35.4. The second-order valence-corrected chi connectivity index (χ2v) is 5.77. The molecular weight excluding hydrogens is 200 g/mol. The fourth-order valence-corrected chi connectivity index (χ4v) is 3.08. The lowest BCUT2D eigenvalue weighted by Gasteiger charge is -2.25. The van der Waals surface area contributed by atoms with Gasteiger partial charge in [0.05, 0.1) is 6.04 Å². The number of hydrogen-bond acceptors (Lipinski definition) is 2. The Balaban J connectivity index is 1.91. The Morgan fingerprint density at radius 2 is 2.06 bits per heavy atom. The maximum Gasteiger partial charge on any atom is 0.240 e. The molecule has 3 atom stereocenters. The summed E-state index contributed by atoms with van der Waals surface area (Å²) in [4.78, 5) is 14.3. The van der Waals surface area contributed by atoms with Crippen molar-refractivity contribution in [2.45, 2.75) is 64.6 Å². The second kappa shape index (κ2) is 4.74. The number of carbonyl (C=O) groups excluding carboxylic acids is 1. The van der Waals surface area contributed by atoms with Gasteiger partial charge in [0, 0.05) is 18.6 Å². The maximum absolute atomic E-state index is 12.2. The minimum absolute atomic E-state index is 0.0795. The molecular formula is C13H24N2O. The minimum atomic E-state index is 0.0795. The zero-order valence-electron chi connectivity index (χ0n) is 10.7. The van der Waals surface area contributed by atoms with Gasteiger partial charge in [-0.25, -0.2) is 0 Å². The van der Waals surface area contributed by atoms with Crippen LogP contribution in [0.5, 0.6) is 0 Å². The number of rotatable bonds is 3. The molecule has 0 aromatic carbocycles. The van der Waals surface area contributed by atoms with E-state index in [1.807, 2.05) is 0 Å². The molecule has 92 valence electrons. The first-order valence-corrected chi connectivity index (χ1v) is 6.64. The molecule has 1 saturated heterocycles. The number of nitrogens with zero attached hydrogens (tertiary/aromatic N) is 1. The zero-order chi connectivity index (χ0) is 11.7. The van der Waals surface area contributed by atoms with Crippen molar-refractivity contribution in [1.82, 2.24) is 10.2 Å². The molecule has 1 amide bonds. The van der Waals surface area contributed by atoms with Crippen LogP contribution in [0.15, 0.2) is 0 Å². The molecule has 2 aliphatic rings. The Labute approximate surface area is 98.6 Å². The summed E-state index contributed by atoms with van der Waals surface area (Å²) in [6, 6.07) is 1.01. The van der Waals surface area contributed by atoms with Gasteiger partial charge < -0.3 is 10.2 Å². The summed E-state index contributed by atoms with van der Waals surface area (Å²) in [5.74, 6) is 1.14. The van der Waals surface area contributed by atoms with E-state index in [2.05, 4.69) is 31.0 Å². The highest BCUT2D eigenvalue weighted by molar-refractivity contribution is 5.84. The lowest BCUT2D eigenvalue weighted by atomic mass is 10.1. The largest absolute Gasteiger partial charge is 0.338 e. The summed E-state index contributed by atoms with van der Waals surface area (Å²) in [6.07, 6.45) is 4.69. The third kappa shape index (κ3) is 2.40. The SMILES string of the molecule is CC1CCC(N2CCC(NC(C)C)C2=O)C1. The van der Waals surface area contributed by atoms with Crippen molar-refractivity contribution in [3.63, 3.8) is 0 Å². The minimum Gasteiger partial charge on any atom is -0.338 e. The first-order valence-electron chi connectivity index (χ1n) is 6.64. The Morgan fingerprint density at radius 1 is 1.31 bits per heavy atom. The number of nitrogens with one attached hydrogen (secondary N) is 1. The first kappa shape index (κ1) is 11.9. The standard InChI is InChI=1S/C13H24N2O/c1-9(2)14-12-6-7-15(13(12)16)11-5-4-10(3)8-11/h9-12,14H,4-8H2,1-3H3. The van der Waals surface area contributed by atoms with Crippen molar-refractivity contribution in [2.24, 2.45) is 5.92 Å². The van der Waals surface area contributed by atoms with Crippen molar-refractivity contribution in [2.75, 3.05) is 6.54 Å². The van der Waals surface area contributed by atoms with E-state index in [9.17, 15) is 4.79 Å². The van der Waals surface area contributed by atoms with Crippen LogP contribution < -0.4 is 5.32 Å². The van der Waals surface area contributed by atoms with Crippen LogP contribution >= 0.6 is 0 Å². The number of hydrogen-bond donors (Lipinski definition) is 1. The second-order valence-electron chi connectivity index (χ2n) is 5.77. The predicted octanol–water partition coefficient (Wildman–Crippen LogP) is 1.77. The van der Waals surface area contributed by atoms with Crippen LogP contribution in [-0.2, 0) is 4.79 Å². The first-order chi connectivity index (χ1) is 7.58. The molecule has 16 heavy (non-hydrogen) atoms. The summed E-state index contributed by atoms with van der Waals surface area (Å²) < 4.78 is 0.